The van der Waals surface area contributed by atoms with Gasteiger partial charge in [0.25, 0.3) is 0 Å². The van der Waals surface area contributed by atoms with E-state index in [1.54, 1.807) is 0 Å². The molecule has 0 nitrogen and oxygen atoms in total. The summed E-state index contributed by atoms with van der Waals surface area (Å²) in [6.07, 6.45) is 0. The second kappa shape index (κ2) is 3.95. The van der Waals surface area contributed by atoms with E-state index in [2.05, 4.69) is 60.7 Å². The summed E-state index contributed by atoms with van der Waals surface area (Å²) in [6, 6.07) is 21.5. The molecule has 2 aromatic rings. The van der Waals surface area contributed by atoms with Gasteiger partial charge in [-0.05, 0) is 0 Å². The van der Waals surface area contributed by atoms with Crippen LogP contribution in [0, 0.1) is 0 Å². The van der Waals surface area contributed by atoms with Crippen molar-refractivity contribution in [2.24, 2.45) is 0 Å². The zero-order valence-corrected chi connectivity index (χ0v) is 7.77. The van der Waals surface area contributed by atoms with E-state index in [9.17, 15) is 0 Å². The Morgan fingerprint density at radius 1 is 0.538 bits per heavy atom. The number of hydrogen-bond acceptors (Lipinski definition) is 0. The summed E-state index contributed by atoms with van der Waals surface area (Å²) in [5.41, 5.74) is 2.99. The molecule has 64 valence electrons. The summed E-state index contributed by atoms with van der Waals surface area (Å²) in [5.74, 6) is 0. The lowest BCUT2D eigenvalue weighted by molar-refractivity contribution is 1.75. The van der Waals surface area contributed by atoms with E-state index in [1.165, 1.54) is 10.9 Å². The van der Waals surface area contributed by atoms with Crippen molar-refractivity contribution in [2.45, 2.75) is 0 Å². The number of hydrogen-bond donors (Lipinski definition) is 0. The molecule has 0 aliphatic carbocycles. The Kier molecular flexibility index (Phi) is 2.47. The van der Waals surface area contributed by atoms with Gasteiger partial charge in [-0.15, -0.1) is 0 Å². The molecule has 0 heterocycles. The Morgan fingerprint density at radius 2 is 0.923 bits per heavy atom. The molecule has 0 spiro atoms. The van der Waals surface area contributed by atoms with Gasteiger partial charge in [-0.25, -0.2) is 10.9 Å². The Hall–Kier alpha value is -1.50. The third-order valence-electron chi connectivity index (χ3n) is 2.46. The molecule has 0 aromatic heterocycles. The van der Waals surface area contributed by atoms with Gasteiger partial charge in [0, 0.05) is 7.28 Å². The highest BCUT2D eigenvalue weighted by Crippen LogP contribution is 1.84. The van der Waals surface area contributed by atoms with E-state index in [1.807, 2.05) is 0 Å². The van der Waals surface area contributed by atoms with Crippen LogP contribution in [-0.4, -0.2) is 7.28 Å². The van der Waals surface area contributed by atoms with Crippen molar-refractivity contribution >= 4 is 18.2 Å². The summed E-state index contributed by atoms with van der Waals surface area (Å²) in [4.78, 5) is 0. The number of rotatable bonds is 2. The molecule has 0 saturated heterocycles. The van der Waals surface area contributed by atoms with Crippen LogP contribution in [0.1, 0.15) is 0 Å². The monoisotopic (exact) mass is 167 g/mol. The van der Waals surface area contributed by atoms with Crippen molar-refractivity contribution in [3.8, 4) is 0 Å². The molecular formula is C12H12B-. The van der Waals surface area contributed by atoms with Crippen LogP contribution >= 0.6 is 0 Å². The molecule has 2 aromatic carbocycles. The standard InChI is InChI=1S/C12H12B/c1-3-7-11(8-4-1)13-12-9-5-2-6-10-12/h1-10H,13H2/q-1. The van der Waals surface area contributed by atoms with Gasteiger partial charge in [0.2, 0.25) is 0 Å². The van der Waals surface area contributed by atoms with Crippen LogP contribution in [0.2, 0.25) is 0 Å². The molecule has 0 aliphatic rings. The van der Waals surface area contributed by atoms with Crippen LogP contribution in [0.15, 0.2) is 60.7 Å². The summed E-state index contributed by atoms with van der Waals surface area (Å²) in [5, 5.41) is 0. The zero-order chi connectivity index (χ0) is 8.93. The minimum absolute atomic E-state index is 0.108. The maximum absolute atomic E-state index is 2.22. The molecule has 0 radical (unpaired) electrons. The minimum atomic E-state index is -0.108. The smallest absolute Gasteiger partial charge is 0.0245 e. The van der Waals surface area contributed by atoms with Crippen molar-refractivity contribution in [1.82, 2.24) is 0 Å². The van der Waals surface area contributed by atoms with E-state index < -0.39 is 0 Å². The Balaban J connectivity index is 2.16. The third kappa shape index (κ3) is 2.22. The lowest BCUT2D eigenvalue weighted by atomic mass is 9.64. The predicted octanol–water partition coefficient (Wildman–Crippen LogP) is 0.806. The maximum Gasteiger partial charge on any atom is 0.0245 e. The van der Waals surface area contributed by atoms with Gasteiger partial charge in [0.15, 0.2) is 0 Å². The maximum atomic E-state index is 2.22. The van der Waals surface area contributed by atoms with Crippen LogP contribution in [-0.2, 0) is 0 Å². The summed E-state index contributed by atoms with van der Waals surface area (Å²) < 4.78 is 0. The third-order valence-corrected chi connectivity index (χ3v) is 2.46. The van der Waals surface area contributed by atoms with Crippen LogP contribution < -0.4 is 10.9 Å². The molecule has 0 N–H and O–H groups in total. The Morgan fingerprint density at radius 3 is 1.31 bits per heavy atom. The first kappa shape index (κ1) is 8.12. The van der Waals surface area contributed by atoms with Crippen molar-refractivity contribution in [1.29, 1.82) is 0 Å². The van der Waals surface area contributed by atoms with E-state index in [0.29, 0.717) is 0 Å². The molecule has 0 unspecified atom stereocenters. The average Bonchev–Trinajstić information content (AvgIpc) is 2.21. The van der Waals surface area contributed by atoms with E-state index in [-0.39, 0.29) is 7.28 Å². The van der Waals surface area contributed by atoms with Gasteiger partial charge in [-0.1, -0.05) is 60.7 Å². The fourth-order valence-corrected chi connectivity index (χ4v) is 1.74. The van der Waals surface area contributed by atoms with Crippen LogP contribution in [0.25, 0.3) is 0 Å². The highest BCUT2D eigenvalue weighted by atomic mass is 13.8. The molecule has 0 bridgehead atoms. The first-order valence-electron chi connectivity index (χ1n) is 4.82. The summed E-state index contributed by atoms with van der Waals surface area (Å²) in [7, 11) is -0.108. The largest absolute Gasteiger partial charge is 0.212 e. The van der Waals surface area contributed by atoms with Gasteiger partial charge < -0.3 is 0 Å². The van der Waals surface area contributed by atoms with E-state index in [0.717, 1.165) is 0 Å². The molecule has 0 aliphatic heterocycles. The van der Waals surface area contributed by atoms with Crippen LogP contribution in [0.5, 0.6) is 0 Å². The highest BCUT2D eigenvalue weighted by Gasteiger charge is 1.85. The molecular weight excluding hydrogens is 155 g/mol. The second-order valence-corrected chi connectivity index (χ2v) is 3.56. The lowest BCUT2D eigenvalue weighted by Gasteiger charge is -2.07. The fraction of sp³-hybridized carbons (Fsp3) is 0. The Labute approximate surface area is 79.5 Å². The average molecular weight is 167 g/mol. The van der Waals surface area contributed by atoms with Crippen molar-refractivity contribution < 1.29 is 0 Å². The van der Waals surface area contributed by atoms with Gasteiger partial charge in [0.05, 0.1) is 0 Å². The van der Waals surface area contributed by atoms with Crippen molar-refractivity contribution in [2.75, 3.05) is 0 Å². The first-order valence-corrected chi connectivity index (χ1v) is 4.82. The molecule has 1 heteroatoms. The predicted molar refractivity (Wildman–Crippen MR) is 60.7 cm³/mol. The normalized spacial score (nSPS) is 9.85. The molecule has 13 heavy (non-hydrogen) atoms. The molecule has 0 saturated carbocycles. The van der Waals surface area contributed by atoms with Gasteiger partial charge >= 0.3 is 0 Å². The fourth-order valence-electron chi connectivity index (χ4n) is 1.74. The van der Waals surface area contributed by atoms with Crippen molar-refractivity contribution in [3.63, 3.8) is 0 Å². The van der Waals surface area contributed by atoms with Crippen LogP contribution in [0.3, 0.4) is 0 Å². The molecule has 0 amide bonds. The summed E-state index contributed by atoms with van der Waals surface area (Å²) in [6.45, 7) is 0. The topological polar surface area (TPSA) is 0 Å². The van der Waals surface area contributed by atoms with Gasteiger partial charge in [-0.2, -0.15) is 0 Å². The quantitative estimate of drug-likeness (QED) is 0.580. The van der Waals surface area contributed by atoms with E-state index >= 15 is 0 Å². The van der Waals surface area contributed by atoms with Crippen molar-refractivity contribution in [3.05, 3.63) is 60.7 Å². The SMILES string of the molecule is [BH2-](c1ccccc1)c1ccccc1. The van der Waals surface area contributed by atoms with Gasteiger partial charge in [-0.3, -0.25) is 0 Å². The molecule has 2 rings (SSSR count). The summed E-state index contributed by atoms with van der Waals surface area (Å²) >= 11 is 0. The van der Waals surface area contributed by atoms with E-state index in [4.69, 9.17) is 0 Å². The first-order chi connectivity index (χ1) is 6.45. The molecule has 0 fully saturated rings. The number of benzene rings is 2. The lowest BCUT2D eigenvalue weighted by Crippen LogP contribution is -2.26. The van der Waals surface area contributed by atoms with Crippen LogP contribution in [0.4, 0.5) is 0 Å². The Bertz CT molecular complexity index is 316. The zero-order valence-electron chi connectivity index (χ0n) is 7.77. The second-order valence-electron chi connectivity index (χ2n) is 3.56. The molecule has 0 atom stereocenters. The minimum Gasteiger partial charge on any atom is -0.212 e. The van der Waals surface area contributed by atoms with Gasteiger partial charge in [0.1, 0.15) is 0 Å². The highest BCUT2D eigenvalue weighted by molar-refractivity contribution is 6.67.